The van der Waals surface area contributed by atoms with Crippen molar-refractivity contribution in [2.24, 2.45) is 5.73 Å². The lowest BCUT2D eigenvalue weighted by molar-refractivity contribution is 0.0865. The van der Waals surface area contributed by atoms with Gasteiger partial charge in [-0.25, -0.2) is 0 Å². The van der Waals surface area contributed by atoms with E-state index >= 15 is 0 Å². The Bertz CT molecular complexity index is 312. The van der Waals surface area contributed by atoms with Gasteiger partial charge in [0.25, 0.3) is 5.91 Å². The zero-order valence-corrected chi connectivity index (χ0v) is 8.83. The number of rotatable bonds is 4. The second kappa shape index (κ2) is 5.02. The van der Waals surface area contributed by atoms with Gasteiger partial charge in [-0.3, -0.25) is 4.79 Å². The molecule has 0 aliphatic rings. The maximum absolute atomic E-state index is 11.6. The van der Waals surface area contributed by atoms with Crippen molar-refractivity contribution in [1.29, 1.82) is 0 Å². The first-order chi connectivity index (χ1) is 6.66. The Kier molecular flexibility index (Phi) is 3.97. The first-order valence-corrected chi connectivity index (χ1v) is 5.64. The number of carbonyl (C=O) groups is 1. The van der Waals surface area contributed by atoms with Gasteiger partial charge in [0, 0.05) is 6.07 Å². The average Bonchev–Trinajstić information content (AvgIpc) is 2.59. The topological polar surface area (TPSA) is 86.9 Å². The fourth-order valence-corrected chi connectivity index (χ4v) is 1.51. The van der Waals surface area contributed by atoms with Crippen molar-refractivity contribution in [1.82, 2.24) is 9.78 Å². The van der Waals surface area contributed by atoms with Gasteiger partial charge in [-0.05, 0) is 18.4 Å². The molecule has 1 rings (SSSR count). The van der Waals surface area contributed by atoms with Crippen molar-refractivity contribution in [3.8, 4) is 0 Å². The quantitative estimate of drug-likeness (QED) is 0.747. The number of hydrogen-bond acceptors (Lipinski definition) is 5. The molecule has 14 heavy (non-hydrogen) atoms. The van der Waals surface area contributed by atoms with Crippen LogP contribution in [0.4, 0.5) is 5.82 Å². The van der Waals surface area contributed by atoms with Crippen LogP contribution in [0.2, 0.25) is 0 Å². The van der Waals surface area contributed by atoms with Crippen LogP contribution in [0, 0.1) is 0 Å². The molecule has 0 unspecified atom stereocenters. The molecule has 78 valence electrons. The molecule has 0 spiro atoms. The van der Waals surface area contributed by atoms with E-state index in [1.807, 2.05) is 6.26 Å². The average molecular weight is 214 g/mol. The third-order valence-corrected chi connectivity index (χ3v) is 2.47. The minimum Gasteiger partial charge on any atom is -0.383 e. The molecule has 0 fully saturated rings. The summed E-state index contributed by atoms with van der Waals surface area (Å²) in [4.78, 5) is 11.6. The Balaban J connectivity index is 2.61. The summed E-state index contributed by atoms with van der Waals surface area (Å²) >= 11 is 1.66. The number of nitrogens with zero attached hydrogens (tertiary/aromatic N) is 2. The van der Waals surface area contributed by atoms with Crippen LogP contribution in [-0.4, -0.2) is 33.7 Å². The summed E-state index contributed by atoms with van der Waals surface area (Å²) in [5.74, 6) is 0.935. The summed E-state index contributed by atoms with van der Waals surface area (Å²) in [6.07, 6.45) is 4.09. The van der Waals surface area contributed by atoms with E-state index in [0.29, 0.717) is 12.2 Å². The molecule has 1 atom stereocenters. The van der Waals surface area contributed by atoms with Crippen molar-refractivity contribution >= 4 is 23.5 Å². The van der Waals surface area contributed by atoms with Gasteiger partial charge >= 0.3 is 0 Å². The SMILES string of the molecule is CSCC[C@H](N)C(=O)n1nccc1N. The predicted octanol–water partition coefficient (Wildman–Crippen LogP) is 0.186. The highest BCUT2D eigenvalue weighted by Gasteiger charge is 2.17. The summed E-state index contributed by atoms with van der Waals surface area (Å²) in [6.45, 7) is 0. The second-order valence-corrected chi connectivity index (χ2v) is 3.88. The molecule has 0 radical (unpaired) electrons. The lowest BCUT2D eigenvalue weighted by Gasteiger charge is -2.09. The van der Waals surface area contributed by atoms with Crippen LogP contribution in [-0.2, 0) is 0 Å². The number of nitrogen functional groups attached to an aromatic ring is 1. The van der Waals surface area contributed by atoms with E-state index < -0.39 is 6.04 Å². The number of carbonyl (C=O) groups excluding carboxylic acids is 1. The van der Waals surface area contributed by atoms with Crippen molar-refractivity contribution in [2.45, 2.75) is 12.5 Å². The number of anilines is 1. The van der Waals surface area contributed by atoms with Gasteiger partial charge < -0.3 is 11.5 Å². The molecule has 5 nitrogen and oxygen atoms in total. The molecule has 0 amide bonds. The third-order valence-electron chi connectivity index (χ3n) is 1.83. The zero-order valence-electron chi connectivity index (χ0n) is 8.01. The van der Waals surface area contributed by atoms with Crippen LogP contribution in [0.3, 0.4) is 0 Å². The number of aromatic nitrogens is 2. The number of nitrogens with two attached hydrogens (primary N) is 2. The van der Waals surface area contributed by atoms with E-state index in [-0.39, 0.29) is 5.91 Å². The molecule has 0 bridgehead atoms. The van der Waals surface area contributed by atoms with Gasteiger partial charge in [0.1, 0.15) is 5.82 Å². The van der Waals surface area contributed by atoms with Gasteiger partial charge in [0.15, 0.2) is 0 Å². The maximum atomic E-state index is 11.6. The van der Waals surface area contributed by atoms with Gasteiger partial charge in [-0.1, -0.05) is 0 Å². The highest BCUT2D eigenvalue weighted by Crippen LogP contribution is 2.04. The lowest BCUT2D eigenvalue weighted by Crippen LogP contribution is -2.36. The van der Waals surface area contributed by atoms with Crippen molar-refractivity contribution in [3.05, 3.63) is 12.3 Å². The highest BCUT2D eigenvalue weighted by molar-refractivity contribution is 7.98. The van der Waals surface area contributed by atoms with Gasteiger partial charge in [-0.2, -0.15) is 21.5 Å². The van der Waals surface area contributed by atoms with Crippen molar-refractivity contribution in [2.75, 3.05) is 17.7 Å². The van der Waals surface area contributed by atoms with E-state index in [0.717, 1.165) is 10.4 Å². The molecule has 1 heterocycles. The number of thioether (sulfide) groups is 1. The molecule has 0 aliphatic carbocycles. The van der Waals surface area contributed by atoms with E-state index in [4.69, 9.17) is 11.5 Å². The van der Waals surface area contributed by atoms with Gasteiger partial charge in [-0.15, -0.1) is 0 Å². The third kappa shape index (κ3) is 2.49. The van der Waals surface area contributed by atoms with Crippen LogP contribution >= 0.6 is 11.8 Å². The van der Waals surface area contributed by atoms with E-state index in [9.17, 15) is 4.79 Å². The van der Waals surface area contributed by atoms with Gasteiger partial charge in [0.2, 0.25) is 0 Å². The van der Waals surface area contributed by atoms with E-state index in [2.05, 4.69) is 5.10 Å². The first-order valence-electron chi connectivity index (χ1n) is 4.25. The molecular formula is C8H14N4OS. The summed E-state index contributed by atoms with van der Waals surface area (Å²) in [7, 11) is 0. The molecule has 6 heteroatoms. The molecule has 4 N–H and O–H groups in total. The molecular weight excluding hydrogens is 200 g/mol. The first kappa shape index (κ1) is 11.1. The Hall–Kier alpha value is -1.01. The van der Waals surface area contributed by atoms with Crippen LogP contribution in [0.25, 0.3) is 0 Å². The summed E-state index contributed by atoms with van der Waals surface area (Å²) in [6, 6.07) is 1.05. The molecule has 0 saturated heterocycles. The minimum absolute atomic E-state index is 0.249. The monoisotopic (exact) mass is 214 g/mol. The fourth-order valence-electron chi connectivity index (χ4n) is 1.02. The summed E-state index contributed by atoms with van der Waals surface area (Å²) in [5, 5.41) is 3.80. The molecule has 0 saturated carbocycles. The maximum Gasteiger partial charge on any atom is 0.265 e. The van der Waals surface area contributed by atoms with Crippen molar-refractivity contribution < 1.29 is 4.79 Å². The zero-order chi connectivity index (χ0) is 10.6. The lowest BCUT2D eigenvalue weighted by atomic mass is 10.2. The Morgan fingerprint density at radius 1 is 1.79 bits per heavy atom. The number of hydrogen-bond donors (Lipinski definition) is 2. The molecule has 0 aliphatic heterocycles. The second-order valence-electron chi connectivity index (χ2n) is 2.89. The molecule has 0 aromatic carbocycles. The Labute approximate surface area is 86.8 Å². The van der Waals surface area contributed by atoms with Crippen LogP contribution in [0.15, 0.2) is 12.3 Å². The summed E-state index contributed by atoms with van der Waals surface area (Å²) < 4.78 is 1.14. The standard InChI is InChI=1S/C8H14N4OS/c1-14-5-3-6(9)8(13)12-7(10)2-4-11-12/h2,4,6H,3,5,9-10H2,1H3/t6-/m0/s1. The predicted molar refractivity (Wildman–Crippen MR) is 58.2 cm³/mol. The Morgan fingerprint density at radius 3 is 3.00 bits per heavy atom. The largest absolute Gasteiger partial charge is 0.383 e. The van der Waals surface area contributed by atoms with Crippen LogP contribution < -0.4 is 11.5 Å². The highest BCUT2D eigenvalue weighted by atomic mass is 32.2. The van der Waals surface area contributed by atoms with Crippen LogP contribution in [0.1, 0.15) is 11.2 Å². The van der Waals surface area contributed by atoms with Gasteiger partial charge in [0.05, 0.1) is 12.2 Å². The van der Waals surface area contributed by atoms with E-state index in [1.165, 1.54) is 6.20 Å². The normalized spacial score (nSPS) is 12.7. The fraction of sp³-hybridized carbons (Fsp3) is 0.500. The van der Waals surface area contributed by atoms with E-state index in [1.54, 1.807) is 17.8 Å². The minimum atomic E-state index is -0.523. The van der Waals surface area contributed by atoms with Crippen molar-refractivity contribution in [3.63, 3.8) is 0 Å². The Morgan fingerprint density at radius 2 is 2.50 bits per heavy atom. The molecule has 1 aromatic rings. The van der Waals surface area contributed by atoms with Crippen LogP contribution in [0.5, 0.6) is 0 Å². The summed E-state index contributed by atoms with van der Waals surface area (Å²) in [5.41, 5.74) is 11.2. The smallest absolute Gasteiger partial charge is 0.265 e. The molecule has 1 aromatic heterocycles.